The van der Waals surface area contributed by atoms with Crippen LogP contribution in [-0.2, 0) is 13.5 Å². The second-order valence-corrected chi connectivity index (χ2v) is 4.15. The highest BCUT2D eigenvalue weighted by molar-refractivity contribution is 9.10. The maximum Gasteiger partial charge on any atom is 0.139 e. The van der Waals surface area contributed by atoms with Crippen LogP contribution in [0.2, 0.25) is 0 Å². The van der Waals surface area contributed by atoms with Crippen LogP contribution in [0.3, 0.4) is 0 Å². The maximum absolute atomic E-state index is 8.88. The Balaban J connectivity index is 2.61. The molecule has 0 aliphatic carbocycles. The number of hydrogen-bond acceptors (Lipinski definition) is 2. The van der Waals surface area contributed by atoms with Crippen LogP contribution in [0.4, 0.5) is 0 Å². The molecule has 2 heterocycles. The van der Waals surface area contributed by atoms with Crippen molar-refractivity contribution in [3.63, 3.8) is 0 Å². The molecule has 74 valence electrons. The third-order valence-corrected chi connectivity index (χ3v) is 2.73. The van der Waals surface area contributed by atoms with Crippen LogP contribution >= 0.6 is 15.9 Å². The van der Waals surface area contributed by atoms with Crippen molar-refractivity contribution in [2.24, 2.45) is 7.05 Å². The van der Waals surface area contributed by atoms with Crippen molar-refractivity contribution in [1.29, 1.82) is 0 Å². The molecule has 0 amide bonds. The van der Waals surface area contributed by atoms with Gasteiger partial charge in [0, 0.05) is 41.8 Å². The number of pyridine rings is 1. The van der Waals surface area contributed by atoms with Gasteiger partial charge in [0.2, 0.25) is 0 Å². The van der Waals surface area contributed by atoms with Crippen molar-refractivity contribution in [2.45, 2.75) is 6.42 Å². The topological polar surface area (TPSA) is 38.0 Å². The van der Waals surface area contributed by atoms with Gasteiger partial charge in [-0.25, -0.2) is 4.98 Å². The molecule has 0 unspecified atom stereocenters. The average Bonchev–Trinajstić information content (AvgIpc) is 2.44. The summed E-state index contributed by atoms with van der Waals surface area (Å²) < 4.78 is 2.99. The summed E-state index contributed by atoms with van der Waals surface area (Å²) in [5.74, 6) is 0. The molecule has 0 atom stereocenters. The first-order valence-corrected chi connectivity index (χ1v) is 5.22. The van der Waals surface area contributed by atoms with Gasteiger partial charge in [-0.15, -0.1) is 0 Å². The molecule has 0 saturated carbocycles. The van der Waals surface area contributed by atoms with Crippen molar-refractivity contribution in [3.8, 4) is 0 Å². The van der Waals surface area contributed by atoms with Crippen LogP contribution in [-0.4, -0.2) is 21.3 Å². The highest BCUT2D eigenvalue weighted by atomic mass is 79.9. The van der Waals surface area contributed by atoms with E-state index in [1.807, 2.05) is 17.7 Å². The van der Waals surface area contributed by atoms with E-state index in [0.29, 0.717) is 6.42 Å². The van der Waals surface area contributed by atoms with Gasteiger partial charge in [0.25, 0.3) is 0 Å². The summed E-state index contributed by atoms with van der Waals surface area (Å²) in [5, 5.41) is 9.98. The van der Waals surface area contributed by atoms with Gasteiger partial charge in [0.05, 0.1) is 0 Å². The van der Waals surface area contributed by atoms with Crippen LogP contribution in [0, 0.1) is 0 Å². The molecule has 3 nitrogen and oxygen atoms in total. The Kier molecular flexibility index (Phi) is 2.56. The standard InChI is InChI=1S/C10H11BrN2O/c1-13-9(2-3-14)5-7-4-8(11)6-12-10(7)13/h4-6,14H,2-3H2,1H3. The number of aromatic nitrogens is 2. The first-order valence-electron chi connectivity index (χ1n) is 4.43. The smallest absolute Gasteiger partial charge is 0.139 e. The fraction of sp³-hybridized carbons (Fsp3) is 0.300. The minimum Gasteiger partial charge on any atom is -0.396 e. The summed E-state index contributed by atoms with van der Waals surface area (Å²) in [6.07, 6.45) is 2.45. The van der Waals surface area contributed by atoms with Crippen molar-refractivity contribution in [1.82, 2.24) is 9.55 Å². The summed E-state index contributed by atoms with van der Waals surface area (Å²) >= 11 is 3.38. The normalized spacial score (nSPS) is 11.1. The van der Waals surface area contributed by atoms with E-state index >= 15 is 0 Å². The van der Waals surface area contributed by atoms with Gasteiger partial charge in [-0.05, 0) is 28.1 Å². The van der Waals surface area contributed by atoms with Gasteiger partial charge in [0.1, 0.15) is 5.65 Å². The van der Waals surface area contributed by atoms with Crippen LogP contribution in [0.5, 0.6) is 0 Å². The molecule has 14 heavy (non-hydrogen) atoms. The molecular formula is C10H11BrN2O. The van der Waals surface area contributed by atoms with Crippen LogP contribution in [0.1, 0.15) is 5.69 Å². The molecule has 0 radical (unpaired) electrons. The second kappa shape index (κ2) is 3.71. The average molecular weight is 255 g/mol. The summed E-state index contributed by atoms with van der Waals surface area (Å²) in [4.78, 5) is 4.32. The number of halogens is 1. The SMILES string of the molecule is Cn1c(CCO)cc2cc(Br)cnc21. The zero-order chi connectivity index (χ0) is 10.1. The van der Waals surface area contributed by atoms with E-state index < -0.39 is 0 Å². The first-order chi connectivity index (χ1) is 6.72. The number of nitrogens with zero attached hydrogens (tertiary/aromatic N) is 2. The molecule has 0 fully saturated rings. The monoisotopic (exact) mass is 254 g/mol. The molecule has 1 N–H and O–H groups in total. The molecule has 2 aromatic heterocycles. The Labute approximate surface area is 90.5 Å². The molecular weight excluding hydrogens is 244 g/mol. The number of hydrogen-bond donors (Lipinski definition) is 1. The molecule has 2 aromatic rings. The van der Waals surface area contributed by atoms with Crippen LogP contribution in [0.25, 0.3) is 11.0 Å². The van der Waals surface area contributed by atoms with E-state index in [4.69, 9.17) is 5.11 Å². The zero-order valence-corrected chi connectivity index (χ0v) is 9.45. The molecule has 0 aromatic carbocycles. The Bertz CT molecular complexity index is 464. The number of rotatable bonds is 2. The summed E-state index contributed by atoms with van der Waals surface area (Å²) in [7, 11) is 1.97. The Hall–Kier alpha value is -0.870. The maximum atomic E-state index is 8.88. The molecule has 0 spiro atoms. The third-order valence-electron chi connectivity index (χ3n) is 2.30. The largest absolute Gasteiger partial charge is 0.396 e. The lowest BCUT2D eigenvalue weighted by atomic mass is 10.3. The molecule has 0 bridgehead atoms. The highest BCUT2D eigenvalue weighted by Crippen LogP contribution is 2.20. The lowest BCUT2D eigenvalue weighted by molar-refractivity contribution is 0.297. The fourth-order valence-corrected chi connectivity index (χ4v) is 1.95. The van der Waals surface area contributed by atoms with Gasteiger partial charge in [-0.2, -0.15) is 0 Å². The Morgan fingerprint density at radius 2 is 2.29 bits per heavy atom. The van der Waals surface area contributed by atoms with Crippen LogP contribution in [0.15, 0.2) is 22.8 Å². The van der Waals surface area contributed by atoms with E-state index in [-0.39, 0.29) is 6.61 Å². The van der Waals surface area contributed by atoms with Crippen molar-refractivity contribution < 1.29 is 5.11 Å². The summed E-state index contributed by atoms with van der Waals surface area (Å²) in [5.41, 5.74) is 2.06. The number of aliphatic hydroxyl groups is 1. The predicted molar refractivity (Wildman–Crippen MR) is 59.2 cm³/mol. The van der Waals surface area contributed by atoms with E-state index in [1.165, 1.54) is 0 Å². The van der Waals surface area contributed by atoms with Gasteiger partial charge in [-0.3, -0.25) is 0 Å². The Morgan fingerprint density at radius 3 is 3.00 bits per heavy atom. The lowest BCUT2D eigenvalue weighted by Crippen LogP contribution is -1.99. The molecule has 0 saturated heterocycles. The minimum absolute atomic E-state index is 0.172. The predicted octanol–water partition coefficient (Wildman–Crippen LogP) is 1.87. The van der Waals surface area contributed by atoms with Gasteiger partial charge in [-0.1, -0.05) is 0 Å². The van der Waals surface area contributed by atoms with Crippen molar-refractivity contribution in [3.05, 3.63) is 28.5 Å². The highest BCUT2D eigenvalue weighted by Gasteiger charge is 2.06. The first kappa shape index (κ1) is 9.68. The third kappa shape index (κ3) is 1.55. The molecule has 4 heteroatoms. The van der Waals surface area contributed by atoms with Gasteiger partial charge < -0.3 is 9.67 Å². The minimum atomic E-state index is 0.172. The number of aryl methyl sites for hydroxylation is 1. The van der Waals surface area contributed by atoms with E-state index in [0.717, 1.165) is 21.2 Å². The van der Waals surface area contributed by atoms with E-state index in [1.54, 1.807) is 6.20 Å². The fourth-order valence-electron chi connectivity index (χ4n) is 1.60. The van der Waals surface area contributed by atoms with E-state index in [2.05, 4.69) is 27.0 Å². The number of aliphatic hydroxyl groups excluding tert-OH is 1. The summed E-state index contributed by atoms with van der Waals surface area (Å²) in [6, 6.07) is 4.09. The second-order valence-electron chi connectivity index (χ2n) is 3.23. The van der Waals surface area contributed by atoms with Crippen molar-refractivity contribution in [2.75, 3.05) is 6.61 Å². The summed E-state index contributed by atoms with van der Waals surface area (Å²) in [6.45, 7) is 0.172. The number of fused-ring (bicyclic) bond motifs is 1. The van der Waals surface area contributed by atoms with Gasteiger partial charge >= 0.3 is 0 Å². The molecule has 0 aliphatic heterocycles. The lowest BCUT2D eigenvalue weighted by Gasteiger charge is -2.00. The molecule has 0 aliphatic rings. The van der Waals surface area contributed by atoms with Crippen molar-refractivity contribution >= 4 is 27.0 Å². The van der Waals surface area contributed by atoms with E-state index in [9.17, 15) is 0 Å². The van der Waals surface area contributed by atoms with Gasteiger partial charge in [0.15, 0.2) is 0 Å². The quantitative estimate of drug-likeness (QED) is 0.889. The molecule has 2 rings (SSSR count). The van der Waals surface area contributed by atoms with Crippen LogP contribution < -0.4 is 0 Å². The zero-order valence-electron chi connectivity index (χ0n) is 7.87. The Morgan fingerprint density at radius 1 is 1.50 bits per heavy atom.